The topological polar surface area (TPSA) is 342 Å². The van der Waals surface area contributed by atoms with Gasteiger partial charge in [-0.15, -0.1) is 0 Å². The van der Waals surface area contributed by atoms with E-state index in [0.717, 1.165) is 14.0 Å². The van der Waals surface area contributed by atoms with Crippen molar-refractivity contribution >= 4 is 26.7 Å². The maximum Gasteiger partial charge on any atom is 1.00 e. The van der Waals surface area contributed by atoms with Gasteiger partial charge < -0.3 is 68.7 Å². The van der Waals surface area contributed by atoms with E-state index in [0.29, 0.717) is 0 Å². The molecule has 0 unspecified atom stereocenters. The summed E-state index contributed by atoms with van der Waals surface area (Å²) >= 11 is 0. The second kappa shape index (κ2) is 19.0. The van der Waals surface area contributed by atoms with Gasteiger partial charge in [0.1, 0.15) is 67.1 Å². The number of ether oxygens (including phenoxy) is 6. The van der Waals surface area contributed by atoms with Crippen molar-refractivity contribution < 1.29 is 158 Å². The first-order valence-corrected chi connectivity index (χ1v) is 15.8. The Morgan fingerprint density at radius 1 is 0.809 bits per heavy atom. The van der Waals surface area contributed by atoms with Crippen LogP contribution in [0.3, 0.4) is 0 Å². The van der Waals surface area contributed by atoms with Crippen LogP contribution in [-0.2, 0) is 57.6 Å². The minimum Gasteiger partial charge on any atom is -0.862 e. The molecule has 3 fully saturated rings. The molecule has 0 aromatic heterocycles. The first-order valence-electron chi connectivity index (χ1n) is 13.1. The molecule has 3 aliphatic heterocycles. The van der Waals surface area contributed by atoms with Crippen molar-refractivity contribution in [2.45, 2.75) is 106 Å². The summed E-state index contributed by atoms with van der Waals surface area (Å²) < 4.78 is 107. The van der Waals surface area contributed by atoms with Crippen molar-refractivity contribution in [2.75, 3.05) is 20.3 Å². The van der Waals surface area contributed by atoms with Gasteiger partial charge in [0.25, 0.3) is 0 Å². The van der Waals surface area contributed by atoms with E-state index in [1.54, 1.807) is 0 Å². The van der Waals surface area contributed by atoms with E-state index < -0.39 is 132 Å². The molecular formula is C21H35NNa2O21S2. The second-order valence-electron chi connectivity index (χ2n) is 10.2. The van der Waals surface area contributed by atoms with Crippen LogP contribution < -0.4 is 64.2 Å². The third-order valence-electron chi connectivity index (χ3n) is 7.00. The monoisotopic (exact) mass is 747 g/mol. The van der Waals surface area contributed by atoms with Crippen molar-refractivity contribution in [3.63, 3.8) is 0 Å². The minimum absolute atomic E-state index is 0. The molecule has 3 rings (SSSR count). The van der Waals surface area contributed by atoms with E-state index in [9.17, 15) is 61.7 Å². The summed E-state index contributed by atoms with van der Waals surface area (Å²) in [4.78, 5) is 3.87. The van der Waals surface area contributed by atoms with E-state index in [1.165, 1.54) is 6.92 Å². The number of methoxy groups -OCH3 is 1. The Hall–Kier alpha value is 0.730. The molecule has 15 atom stereocenters. The van der Waals surface area contributed by atoms with Gasteiger partial charge in [-0.3, -0.25) is 13.7 Å². The predicted molar refractivity (Wildman–Crippen MR) is 134 cm³/mol. The molecule has 0 aromatic carbocycles. The molecule has 47 heavy (non-hydrogen) atoms. The molecule has 22 nitrogen and oxygen atoms in total. The van der Waals surface area contributed by atoms with Crippen LogP contribution in [0.1, 0.15) is 13.8 Å². The zero-order valence-corrected chi connectivity index (χ0v) is 31.3. The Morgan fingerprint density at radius 3 is 1.87 bits per heavy atom. The van der Waals surface area contributed by atoms with Crippen LogP contribution in [-0.4, -0.2) is 175 Å². The summed E-state index contributed by atoms with van der Waals surface area (Å²) in [6.45, 7) is 0.175. The summed E-state index contributed by atoms with van der Waals surface area (Å²) in [6.07, 6.45) is -25.8. The maximum absolute atomic E-state index is 12.1. The van der Waals surface area contributed by atoms with Gasteiger partial charge >= 0.3 is 69.5 Å². The van der Waals surface area contributed by atoms with Gasteiger partial charge in [0.15, 0.2) is 18.9 Å². The van der Waals surface area contributed by atoms with Gasteiger partial charge in [-0.1, -0.05) is 0 Å². The van der Waals surface area contributed by atoms with Gasteiger partial charge in [0.2, 0.25) is 10.4 Å². The third-order valence-corrected chi connectivity index (χ3v) is 7.89. The Kier molecular flexibility index (Phi) is 18.5. The average molecular weight is 748 g/mol. The first-order chi connectivity index (χ1) is 20.8. The van der Waals surface area contributed by atoms with Gasteiger partial charge in [0.05, 0.1) is 19.3 Å². The molecule has 0 saturated carbocycles. The van der Waals surface area contributed by atoms with Gasteiger partial charge in [-0.2, -0.15) is 8.42 Å². The third kappa shape index (κ3) is 12.1. The zero-order chi connectivity index (χ0) is 34.0. The first kappa shape index (κ1) is 45.8. The predicted octanol–water partition coefficient (Wildman–Crippen LogP) is -12.8. The Morgan fingerprint density at radius 2 is 1.36 bits per heavy atom. The minimum atomic E-state index is -5.41. The molecular weight excluding hydrogens is 712 g/mol. The standard InChI is InChI=1S/C21H37NO21S2.2Na/c1-6-11(25)13(27)14(28)20(38-6)42-17-10(22-7(2)24)19(36-3)39-8(4-23)16(17)41-21-15(29)18(43-45(33,34)35)12(26)9(40-21)5-37-44(30,31)32;;/h6,8-21,23,25-29H,4-5H2,1-3H3,(H,22,24)(H,30,31,32)(H,33,34,35);;/q;2*+1/p-2/t6-,8+,9+,10+,11+,12-,13+,14-,15+,16+,17+,18-,19+,20-,21-;;/m0../s1. The molecule has 0 aliphatic carbocycles. The fourth-order valence-corrected chi connectivity index (χ4v) is 5.70. The van der Waals surface area contributed by atoms with Gasteiger partial charge in [-0.25, -0.2) is 12.6 Å². The maximum atomic E-state index is 12.1. The van der Waals surface area contributed by atoms with E-state index in [-0.39, 0.29) is 59.1 Å². The average Bonchev–Trinajstić information content (AvgIpc) is 2.93. The van der Waals surface area contributed by atoms with E-state index in [1.807, 2.05) is 0 Å². The Labute approximate surface area is 313 Å². The molecule has 0 spiro atoms. The normalized spacial score (nSPS) is 41.9. The number of aliphatic hydroxyl groups is 6. The van der Waals surface area contributed by atoms with Crippen molar-refractivity contribution in [2.24, 2.45) is 4.99 Å². The molecule has 3 saturated heterocycles. The van der Waals surface area contributed by atoms with Crippen LogP contribution in [0.4, 0.5) is 0 Å². The van der Waals surface area contributed by atoms with Crippen LogP contribution in [0.25, 0.3) is 0 Å². The molecule has 0 amide bonds. The fraction of sp³-hybridized carbons (Fsp3) is 0.952. The molecule has 3 heterocycles. The molecule has 0 bridgehead atoms. The Balaban J connectivity index is 0.00000552. The van der Waals surface area contributed by atoms with Crippen molar-refractivity contribution in [1.82, 2.24) is 0 Å². The molecule has 0 radical (unpaired) electrons. The summed E-state index contributed by atoms with van der Waals surface area (Å²) in [5.74, 6) is -0.816. The van der Waals surface area contributed by atoms with Gasteiger partial charge in [-0.05, 0) is 19.7 Å². The second-order valence-corrected chi connectivity index (χ2v) is 12.3. The SMILES string of the molecule is CO[C@@H]1O[C@H](CO)[C@@H](O[C@@H]2O[C@H](COS(=O)(=O)[O-])[C@H](O)[C@H](OS(=O)(=O)O)[C@H]2O)[C@H](O[C@@H]2O[C@@H](C)[C@@H](O)[C@@H](O)[C@@H]2O)[C@H]1N=C(C)[O-].[Na+].[Na+]. The smallest absolute Gasteiger partial charge is 0.862 e. The number of aliphatic imine (C=N–C) groups is 1. The van der Waals surface area contributed by atoms with Crippen molar-refractivity contribution in [1.29, 1.82) is 0 Å². The fourth-order valence-electron chi connectivity index (χ4n) is 4.89. The van der Waals surface area contributed by atoms with Crippen molar-refractivity contribution in [3.05, 3.63) is 0 Å². The van der Waals surface area contributed by atoms with Crippen LogP contribution in [0.15, 0.2) is 4.99 Å². The van der Waals surface area contributed by atoms with Crippen LogP contribution in [0.2, 0.25) is 0 Å². The molecule has 26 heteroatoms. The van der Waals surface area contributed by atoms with E-state index in [2.05, 4.69) is 13.4 Å². The number of nitrogens with zero attached hydrogens (tertiary/aromatic N) is 1. The summed E-state index contributed by atoms with van der Waals surface area (Å²) in [5.41, 5.74) is 0. The van der Waals surface area contributed by atoms with Crippen LogP contribution in [0, 0.1) is 0 Å². The quantitative estimate of drug-likeness (QED) is 0.0320. The largest absolute Gasteiger partial charge is 1.00 e. The Bertz CT molecular complexity index is 1230. The number of aliphatic hydroxyl groups excluding tert-OH is 6. The summed E-state index contributed by atoms with van der Waals surface area (Å²) in [5, 5.41) is 74.5. The molecule has 3 aliphatic rings. The summed E-state index contributed by atoms with van der Waals surface area (Å²) in [7, 11) is -9.68. The van der Waals surface area contributed by atoms with Crippen LogP contribution in [0.5, 0.6) is 0 Å². The van der Waals surface area contributed by atoms with Gasteiger partial charge in [0, 0.05) is 7.11 Å². The zero-order valence-electron chi connectivity index (χ0n) is 25.7. The van der Waals surface area contributed by atoms with Crippen LogP contribution >= 0.6 is 0 Å². The summed E-state index contributed by atoms with van der Waals surface area (Å²) in [6, 6.07) is -1.52. The molecule has 264 valence electrons. The molecule has 7 N–H and O–H groups in total. The number of rotatable bonds is 12. The van der Waals surface area contributed by atoms with E-state index in [4.69, 9.17) is 28.4 Å². The number of hydrogen-bond acceptors (Lipinski definition) is 21. The molecule has 0 aromatic rings. The number of hydrogen-bond donors (Lipinski definition) is 7. The van der Waals surface area contributed by atoms with E-state index >= 15 is 0 Å². The van der Waals surface area contributed by atoms with Crippen molar-refractivity contribution in [3.8, 4) is 0 Å².